The summed E-state index contributed by atoms with van der Waals surface area (Å²) >= 11 is 0. The van der Waals surface area contributed by atoms with Gasteiger partial charge in [0.15, 0.2) is 17.6 Å². The molecule has 0 bridgehead atoms. The molecule has 1 amide bonds. The van der Waals surface area contributed by atoms with Crippen LogP contribution in [0.1, 0.15) is 13.3 Å². The molecule has 0 N–H and O–H groups in total. The lowest BCUT2D eigenvalue weighted by molar-refractivity contribution is -0.139. The summed E-state index contributed by atoms with van der Waals surface area (Å²) in [6.07, 6.45) is 0.0355. The highest BCUT2D eigenvalue weighted by molar-refractivity contribution is 5.81. The molecule has 2 aromatic rings. The van der Waals surface area contributed by atoms with Crippen LogP contribution in [-0.4, -0.2) is 50.2 Å². The summed E-state index contributed by atoms with van der Waals surface area (Å²) in [6, 6.07) is 13.8. The van der Waals surface area contributed by atoms with Crippen LogP contribution in [-0.2, 0) is 4.79 Å². The van der Waals surface area contributed by atoms with Crippen molar-refractivity contribution in [3.63, 3.8) is 0 Å². The van der Waals surface area contributed by atoms with Crippen molar-refractivity contribution in [3.05, 3.63) is 54.3 Å². The smallest absolute Gasteiger partial charge is 0.263 e. The maximum absolute atomic E-state index is 13.1. The quantitative estimate of drug-likeness (QED) is 0.780. The second kappa shape index (κ2) is 8.75. The van der Waals surface area contributed by atoms with E-state index in [1.54, 1.807) is 25.3 Å². The molecule has 1 atom stereocenters. The SMILES string of the molecule is CC[C@H](Oc1ccccc1OC)C(=O)N1CCN(c2ccc(F)cc2)CC1. The van der Waals surface area contributed by atoms with Gasteiger partial charge in [-0.3, -0.25) is 4.79 Å². The Kier molecular flexibility index (Phi) is 6.16. The molecule has 3 rings (SSSR count). The van der Waals surface area contributed by atoms with Gasteiger partial charge in [0.2, 0.25) is 0 Å². The van der Waals surface area contributed by atoms with Gasteiger partial charge in [0.1, 0.15) is 5.82 Å². The highest BCUT2D eigenvalue weighted by atomic mass is 19.1. The molecule has 1 saturated heterocycles. The molecule has 5 nitrogen and oxygen atoms in total. The highest BCUT2D eigenvalue weighted by Crippen LogP contribution is 2.28. The van der Waals surface area contributed by atoms with Gasteiger partial charge in [0, 0.05) is 31.9 Å². The molecule has 1 fully saturated rings. The van der Waals surface area contributed by atoms with Gasteiger partial charge in [-0.05, 0) is 42.8 Å². The van der Waals surface area contributed by atoms with Crippen molar-refractivity contribution in [1.29, 1.82) is 0 Å². The Balaban J connectivity index is 1.60. The fourth-order valence-corrected chi connectivity index (χ4v) is 3.22. The van der Waals surface area contributed by atoms with E-state index in [-0.39, 0.29) is 11.7 Å². The number of piperazine rings is 1. The zero-order chi connectivity index (χ0) is 19.2. The Bertz CT molecular complexity index is 758. The van der Waals surface area contributed by atoms with Crippen LogP contribution in [0.15, 0.2) is 48.5 Å². The maximum atomic E-state index is 13.1. The van der Waals surface area contributed by atoms with Crippen LogP contribution in [0, 0.1) is 5.82 Å². The first-order valence-electron chi connectivity index (χ1n) is 9.21. The van der Waals surface area contributed by atoms with Crippen LogP contribution >= 0.6 is 0 Å². The number of anilines is 1. The zero-order valence-corrected chi connectivity index (χ0v) is 15.7. The third-order valence-electron chi connectivity index (χ3n) is 4.77. The number of nitrogens with zero attached hydrogens (tertiary/aromatic N) is 2. The molecule has 0 saturated carbocycles. The first kappa shape index (κ1) is 19.0. The molecule has 144 valence electrons. The molecule has 1 heterocycles. The van der Waals surface area contributed by atoms with Gasteiger partial charge in [0.05, 0.1) is 7.11 Å². The van der Waals surface area contributed by atoms with Gasteiger partial charge in [-0.15, -0.1) is 0 Å². The largest absolute Gasteiger partial charge is 0.493 e. The first-order chi connectivity index (χ1) is 13.1. The first-order valence-corrected chi connectivity index (χ1v) is 9.21. The van der Waals surface area contributed by atoms with E-state index in [4.69, 9.17) is 9.47 Å². The van der Waals surface area contributed by atoms with Crippen molar-refractivity contribution >= 4 is 11.6 Å². The van der Waals surface area contributed by atoms with Crippen molar-refractivity contribution in [3.8, 4) is 11.5 Å². The summed E-state index contributed by atoms with van der Waals surface area (Å²) in [7, 11) is 1.58. The van der Waals surface area contributed by atoms with E-state index in [1.165, 1.54) is 12.1 Å². The number of hydrogen-bond acceptors (Lipinski definition) is 4. The zero-order valence-electron chi connectivity index (χ0n) is 15.7. The third kappa shape index (κ3) is 4.51. The summed E-state index contributed by atoms with van der Waals surface area (Å²) in [5.41, 5.74) is 0.973. The summed E-state index contributed by atoms with van der Waals surface area (Å²) in [4.78, 5) is 16.9. The molecule has 0 unspecified atom stereocenters. The van der Waals surface area contributed by atoms with Gasteiger partial charge >= 0.3 is 0 Å². The van der Waals surface area contributed by atoms with Crippen molar-refractivity contribution in [2.45, 2.75) is 19.4 Å². The normalized spacial score (nSPS) is 15.4. The van der Waals surface area contributed by atoms with Crippen LogP contribution < -0.4 is 14.4 Å². The fourth-order valence-electron chi connectivity index (χ4n) is 3.22. The van der Waals surface area contributed by atoms with Crippen LogP contribution in [0.5, 0.6) is 11.5 Å². The molecule has 1 aliphatic rings. The van der Waals surface area contributed by atoms with E-state index < -0.39 is 6.10 Å². The molecule has 0 aliphatic carbocycles. The summed E-state index contributed by atoms with van der Waals surface area (Å²) in [5, 5.41) is 0. The maximum Gasteiger partial charge on any atom is 0.263 e. The molecule has 0 radical (unpaired) electrons. The Morgan fingerprint density at radius 2 is 1.67 bits per heavy atom. The number of para-hydroxylation sites is 2. The molecule has 2 aromatic carbocycles. The van der Waals surface area contributed by atoms with E-state index in [2.05, 4.69) is 4.90 Å². The van der Waals surface area contributed by atoms with Gasteiger partial charge in [-0.2, -0.15) is 0 Å². The van der Waals surface area contributed by atoms with Crippen molar-refractivity contribution in [2.24, 2.45) is 0 Å². The average Bonchev–Trinajstić information content (AvgIpc) is 2.72. The lowest BCUT2D eigenvalue weighted by Gasteiger charge is -2.37. The van der Waals surface area contributed by atoms with Gasteiger partial charge < -0.3 is 19.3 Å². The Hall–Kier alpha value is -2.76. The minimum Gasteiger partial charge on any atom is -0.493 e. The fraction of sp³-hybridized carbons (Fsp3) is 0.381. The number of ether oxygens (including phenoxy) is 2. The monoisotopic (exact) mass is 372 g/mol. The van der Waals surface area contributed by atoms with Crippen molar-refractivity contribution in [2.75, 3.05) is 38.2 Å². The predicted octanol–water partition coefficient (Wildman–Crippen LogP) is 3.34. The molecular weight excluding hydrogens is 347 g/mol. The minimum absolute atomic E-state index is 0.0119. The number of hydrogen-bond donors (Lipinski definition) is 0. The van der Waals surface area contributed by atoms with E-state index in [0.717, 1.165) is 5.69 Å². The lowest BCUT2D eigenvalue weighted by atomic mass is 10.2. The third-order valence-corrected chi connectivity index (χ3v) is 4.77. The number of carbonyl (C=O) groups is 1. The van der Waals surface area contributed by atoms with E-state index in [9.17, 15) is 9.18 Å². The van der Waals surface area contributed by atoms with E-state index >= 15 is 0 Å². The van der Waals surface area contributed by atoms with Gasteiger partial charge in [0.25, 0.3) is 5.91 Å². The Morgan fingerprint density at radius 3 is 2.26 bits per heavy atom. The number of benzene rings is 2. The topological polar surface area (TPSA) is 42.0 Å². The predicted molar refractivity (Wildman–Crippen MR) is 103 cm³/mol. The standard InChI is InChI=1S/C21H25FN2O3/c1-3-18(27-20-7-5-4-6-19(20)26-2)21(25)24-14-12-23(13-15-24)17-10-8-16(22)9-11-17/h4-11,18H,3,12-15H2,1-2H3/t18-/m0/s1. The number of amides is 1. The summed E-state index contributed by atoms with van der Waals surface area (Å²) in [5.74, 6) is 0.934. The molecule has 0 spiro atoms. The Labute approximate surface area is 159 Å². The number of halogens is 1. The van der Waals surface area contributed by atoms with E-state index in [1.807, 2.05) is 30.0 Å². The number of methoxy groups -OCH3 is 1. The molecule has 27 heavy (non-hydrogen) atoms. The van der Waals surface area contributed by atoms with Crippen LogP contribution in [0.3, 0.4) is 0 Å². The van der Waals surface area contributed by atoms with Crippen molar-refractivity contribution in [1.82, 2.24) is 4.90 Å². The summed E-state index contributed by atoms with van der Waals surface area (Å²) in [6.45, 7) is 4.58. The molecule has 0 aromatic heterocycles. The van der Waals surface area contributed by atoms with Crippen molar-refractivity contribution < 1.29 is 18.7 Å². The number of carbonyl (C=O) groups excluding carboxylic acids is 1. The highest BCUT2D eigenvalue weighted by Gasteiger charge is 2.28. The minimum atomic E-state index is -0.543. The lowest BCUT2D eigenvalue weighted by Crippen LogP contribution is -2.52. The molecular formula is C21H25FN2O3. The Morgan fingerprint density at radius 1 is 1.04 bits per heavy atom. The second-order valence-electron chi connectivity index (χ2n) is 6.45. The molecule has 6 heteroatoms. The molecule has 1 aliphatic heterocycles. The number of rotatable bonds is 6. The summed E-state index contributed by atoms with van der Waals surface area (Å²) < 4.78 is 24.3. The second-order valence-corrected chi connectivity index (χ2v) is 6.45. The van der Waals surface area contributed by atoms with Crippen LogP contribution in [0.4, 0.5) is 10.1 Å². The van der Waals surface area contributed by atoms with Gasteiger partial charge in [-0.1, -0.05) is 19.1 Å². The van der Waals surface area contributed by atoms with E-state index in [0.29, 0.717) is 44.1 Å². The van der Waals surface area contributed by atoms with Gasteiger partial charge in [-0.25, -0.2) is 4.39 Å². The average molecular weight is 372 g/mol. The van der Waals surface area contributed by atoms with Crippen LogP contribution in [0.2, 0.25) is 0 Å². The van der Waals surface area contributed by atoms with Crippen LogP contribution in [0.25, 0.3) is 0 Å².